The molecule has 18 heavy (non-hydrogen) atoms. The summed E-state index contributed by atoms with van der Waals surface area (Å²) >= 11 is 0. The van der Waals surface area contributed by atoms with E-state index in [1.54, 1.807) is 6.07 Å². The average molecular weight is 243 g/mol. The van der Waals surface area contributed by atoms with Gasteiger partial charge in [-0.15, -0.1) is 0 Å². The van der Waals surface area contributed by atoms with Crippen LogP contribution in [-0.2, 0) is 6.54 Å². The van der Waals surface area contributed by atoms with Crippen molar-refractivity contribution in [1.82, 2.24) is 10.1 Å². The molecule has 6 heteroatoms. The molecule has 0 saturated heterocycles. The van der Waals surface area contributed by atoms with E-state index >= 15 is 0 Å². The van der Waals surface area contributed by atoms with E-state index in [1.807, 2.05) is 31.0 Å². The predicted octanol–water partition coefficient (Wildman–Crippen LogP) is 1.47. The number of nitrogen functional groups attached to an aromatic ring is 1. The van der Waals surface area contributed by atoms with Crippen LogP contribution in [0.2, 0.25) is 0 Å². The molecule has 0 atom stereocenters. The summed E-state index contributed by atoms with van der Waals surface area (Å²) in [5, 5.41) is 12.7. The fourth-order valence-corrected chi connectivity index (χ4v) is 1.67. The molecular weight excluding hydrogens is 230 g/mol. The summed E-state index contributed by atoms with van der Waals surface area (Å²) in [6.07, 6.45) is 1.50. The molecule has 0 unspecified atom stereocenters. The van der Waals surface area contributed by atoms with Crippen molar-refractivity contribution in [1.29, 1.82) is 5.26 Å². The highest BCUT2D eigenvalue weighted by atomic mass is 16.5. The van der Waals surface area contributed by atoms with Gasteiger partial charge < -0.3 is 15.2 Å². The standard InChI is InChI=1S/C12H13N5O/c1-8-3-10(16-18-8)7-17(2)12-11(14)4-9(5-13)6-15-12/h3-4,6H,7,14H2,1-2H3. The van der Waals surface area contributed by atoms with Gasteiger partial charge in [0.1, 0.15) is 17.5 Å². The first kappa shape index (κ1) is 11.9. The van der Waals surface area contributed by atoms with Gasteiger partial charge in [-0.25, -0.2) is 4.98 Å². The lowest BCUT2D eigenvalue weighted by Crippen LogP contribution is -2.19. The summed E-state index contributed by atoms with van der Waals surface area (Å²) in [4.78, 5) is 6.03. The second kappa shape index (κ2) is 4.75. The van der Waals surface area contributed by atoms with Crippen LogP contribution in [0.15, 0.2) is 22.9 Å². The van der Waals surface area contributed by atoms with Crippen LogP contribution in [0, 0.1) is 18.3 Å². The smallest absolute Gasteiger partial charge is 0.151 e. The Morgan fingerprint density at radius 2 is 2.28 bits per heavy atom. The van der Waals surface area contributed by atoms with Gasteiger partial charge in [0.15, 0.2) is 5.82 Å². The maximum absolute atomic E-state index is 8.75. The topological polar surface area (TPSA) is 92.0 Å². The van der Waals surface area contributed by atoms with Crippen molar-refractivity contribution in [3.63, 3.8) is 0 Å². The second-order valence-corrected chi connectivity index (χ2v) is 4.03. The van der Waals surface area contributed by atoms with Gasteiger partial charge in [0.05, 0.1) is 17.8 Å². The Balaban J connectivity index is 2.19. The highest BCUT2D eigenvalue weighted by Gasteiger charge is 2.10. The minimum atomic E-state index is 0.446. The summed E-state index contributed by atoms with van der Waals surface area (Å²) in [5.41, 5.74) is 7.58. The number of pyridine rings is 1. The van der Waals surface area contributed by atoms with Crippen LogP contribution >= 0.6 is 0 Å². The van der Waals surface area contributed by atoms with Crippen LogP contribution in [0.25, 0.3) is 0 Å². The van der Waals surface area contributed by atoms with Crippen molar-refractivity contribution in [2.45, 2.75) is 13.5 Å². The molecule has 0 amide bonds. The number of nitrogens with zero attached hydrogens (tertiary/aromatic N) is 4. The number of anilines is 2. The third kappa shape index (κ3) is 2.40. The minimum Gasteiger partial charge on any atom is -0.396 e. The van der Waals surface area contributed by atoms with Crippen molar-refractivity contribution in [3.05, 3.63) is 35.3 Å². The maximum atomic E-state index is 8.75. The van der Waals surface area contributed by atoms with Gasteiger partial charge in [0.2, 0.25) is 0 Å². The molecule has 2 N–H and O–H groups in total. The highest BCUT2D eigenvalue weighted by Crippen LogP contribution is 2.21. The van der Waals surface area contributed by atoms with Crippen molar-refractivity contribution < 1.29 is 4.52 Å². The first-order chi connectivity index (χ1) is 8.60. The van der Waals surface area contributed by atoms with Gasteiger partial charge in [-0.3, -0.25) is 0 Å². The van der Waals surface area contributed by atoms with Crippen LogP contribution in [0.5, 0.6) is 0 Å². The van der Waals surface area contributed by atoms with E-state index in [-0.39, 0.29) is 0 Å². The monoisotopic (exact) mass is 243 g/mol. The number of hydrogen-bond donors (Lipinski definition) is 1. The molecule has 0 aliphatic heterocycles. The molecule has 0 aromatic carbocycles. The van der Waals surface area contributed by atoms with E-state index in [9.17, 15) is 0 Å². The quantitative estimate of drug-likeness (QED) is 0.877. The first-order valence-electron chi connectivity index (χ1n) is 5.39. The molecule has 0 radical (unpaired) electrons. The zero-order chi connectivity index (χ0) is 13.1. The Morgan fingerprint density at radius 1 is 1.50 bits per heavy atom. The van der Waals surface area contributed by atoms with Gasteiger partial charge in [-0.2, -0.15) is 5.26 Å². The van der Waals surface area contributed by atoms with Gasteiger partial charge >= 0.3 is 0 Å². The third-order valence-corrected chi connectivity index (χ3v) is 2.46. The zero-order valence-corrected chi connectivity index (χ0v) is 10.2. The number of hydrogen-bond acceptors (Lipinski definition) is 6. The van der Waals surface area contributed by atoms with Gasteiger partial charge in [-0.05, 0) is 13.0 Å². The molecule has 2 rings (SSSR count). The normalized spacial score (nSPS) is 10.1. The molecule has 0 fully saturated rings. The molecule has 2 aromatic heterocycles. The van der Waals surface area contributed by atoms with Crippen molar-refractivity contribution >= 4 is 11.5 Å². The van der Waals surface area contributed by atoms with Crippen LogP contribution in [0.3, 0.4) is 0 Å². The highest BCUT2D eigenvalue weighted by molar-refractivity contribution is 5.64. The fraction of sp³-hybridized carbons (Fsp3) is 0.250. The second-order valence-electron chi connectivity index (χ2n) is 4.03. The molecule has 2 aromatic rings. The number of aromatic nitrogens is 2. The summed E-state index contributed by atoms with van der Waals surface area (Å²) in [5.74, 6) is 1.38. The van der Waals surface area contributed by atoms with E-state index < -0.39 is 0 Å². The minimum absolute atomic E-state index is 0.446. The lowest BCUT2D eigenvalue weighted by Gasteiger charge is -2.18. The molecular formula is C12H13N5O. The Bertz CT molecular complexity index is 599. The van der Waals surface area contributed by atoms with Crippen LogP contribution < -0.4 is 10.6 Å². The number of nitriles is 1. The van der Waals surface area contributed by atoms with E-state index in [4.69, 9.17) is 15.5 Å². The van der Waals surface area contributed by atoms with E-state index in [0.29, 0.717) is 23.6 Å². The molecule has 0 saturated carbocycles. The van der Waals surface area contributed by atoms with Crippen LogP contribution in [-0.4, -0.2) is 17.2 Å². The van der Waals surface area contributed by atoms with Crippen LogP contribution in [0.4, 0.5) is 11.5 Å². The molecule has 0 aliphatic carbocycles. The number of rotatable bonds is 3. The molecule has 6 nitrogen and oxygen atoms in total. The summed E-state index contributed by atoms with van der Waals surface area (Å²) in [6, 6.07) is 5.46. The van der Waals surface area contributed by atoms with Crippen molar-refractivity contribution in [2.75, 3.05) is 17.7 Å². The average Bonchev–Trinajstić information content (AvgIpc) is 2.74. The molecule has 0 spiro atoms. The maximum Gasteiger partial charge on any atom is 0.151 e. The largest absolute Gasteiger partial charge is 0.396 e. The Hall–Kier alpha value is -2.55. The van der Waals surface area contributed by atoms with Crippen LogP contribution in [0.1, 0.15) is 17.0 Å². The Labute approximate surface area is 105 Å². The Kier molecular flexibility index (Phi) is 3.15. The summed E-state index contributed by atoms with van der Waals surface area (Å²) in [6.45, 7) is 2.38. The lowest BCUT2D eigenvalue weighted by atomic mass is 10.2. The summed E-state index contributed by atoms with van der Waals surface area (Å²) < 4.78 is 5.00. The molecule has 2 heterocycles. The first-order valence-corrected chi connectivity index (χ1v) is 5.39. The molecule has 0 aliphatic rings. The third-order valence-electron chi connectivity index (χ3n) is 2.46. The Morgan fingerprint density at radius 3 is 2.83 bits per heavy atom. The van der Waals surface area contributed by atoms with Gasteiger partial charge in [0.25, 0.3) is 0 Å². The SMILES string of the molecule is Cc1cc(CN(C)c2ncc(C#N)cc2N)no1. The van der Waals surface area contributed by atoms with E-state index in [1.165, 1.54) is 6.20 Å². The fourth-order valence-electron chi connectivity index (χ4n) is 1.67. The number of nitrogens with two attached hydrogens (primary N) is 1. The van der Waals surface area contributed by atoms with Crippen molar-refractivity contribution in [2.24, 2.45) is 0 Å². The predicted molar refractivity (Wildman–Crippen MR) is 66.7 cm³/mol. The van der Waals surface area contributed by atoms with Gasteiger partial charge in [-0.1, -0.05) is 5.16 Å². The van der Waals surface area contributed by atoms with E-state index in [0.717, 1.165) is 11.5 Å². The lowest BCUT2D eigenvalue weighted by molar-refractivity contribution is 0.390. The number of aryl methyl sites for hydroxylation is 1. The zero-order valence-electron chi connectivity index (χ0n) is 10.2. The van der Waals surface area contributed by atoms with Crippen molar-refractivity contribution in [3.8, 4) is 6.07 Å². The molecule has 92 valence electrons. The molecule has 0 bridgehead atoms. The summed E-state index contributed by atoms with van der Waals surface area (Å²) in [7, 11) is 1.86. The van der Waals surface area contributed by atoms with E-state index in [2.05, 4.69) is 10.1 Å². The van der Waals surface area contributed by atoms with Gasteiger partial charge in [0, 0.05) is 19.3 Å².